The molecule has 138 valence electrons. The van der Waals surface area contributed by atoms with Crippen LogP contribution in [0.1, 0.15) is 11.1 Å². The Morgan fingerprint density at radius 3 is 1.33 bits per heavy atom. The molecular weight excluding hydrogens is 370 g/mol. The molecule has 0 spiro atoms. The van der Waals surface area contributed by atoms with Crippen molar-refractivity contribution in [3.8, 4) is 0 Å². The number of hydrogen-bond donors (Lipinski definition) is 0. The van der Waals surface area contributed by atoms with Gasteiger partial charge in [0.25, 0.3) is 0 Å². The van der Waals surface area contributed by atoms with Gasteiger partial charge in [-0.25, -0.2) is 0 Å². The number of hydrogen-bond acceptors (Lipinski definition) is 0. The highest BCUT2D eigenvalue weighted by molar-refractivity contribution is 7.05. The molecule has 3 rings (SSSR count). The summed E-state index contributed by atoms with van der Waals surface area (Å²) in [6, 6.07) is 27.3. The molecule has 3 aromatic carbocycles. The molecule has 0 aromatic heterocycles. The van der Waals surface area contributed by atoms with E-state index in [0.29, 0.717) is 5.56 Å². The van der Waals surface area contributed by atoms with Crippen molar-refractivity contribution in [3.05, 3.63) is 102 Å². The van der Waals surface area contributed by atoms with Gasteiger partial charge >= 0.3 is 8.74 Å². The fourth-order valence-electron chi connectivity index (χ4n) is 3.44. The third-order valence-corrected chi connectivity index (χ3v) is 9.09. The van der Waals surface area contributed by atoms with Crippen molar-refractivity contribution >= 4 is 32.4 Å². The molecule has 0 N–H and O–H groups in total. The topological polar surface area (TPSA) is 0 Å². The zero-order chi connectivity index (χ0) is 19.5. The second-order valence-corrected chi connectivity index (χ2v) is 14.9. The molecule has 0 amide bonds. The Hall–Kier alpha value is -2.31. The second kappa shape index (κ2) is 7.74. The normalized spacial score (nSPS) is 13.2. The predicted molar refractivity (Wildman–Crippen MR) is 117 cm³/mol. The molecule has 27 heavy (non-hydrogen) atoms. The molecule has 4 heteroatoms. The van der Waals surface area contributed by atoms with Crippen LogP contribution in [0, 0.1) is 0 Å². The number of benzene rings is 3. The Morgan fingerprint density at radius 1 is 0.556 bits per heavy atom. The van der Waals surface area contributed by atoms with E-state index in [1.165, 1.54) is 0 Å². The lowest BCUT2D eigenvalue weighted by Gasteiger charge is -2.29. The van der Waals surface area contributed by atoms with Crippen LogP contribution >= 0.6 is 0 Å². The van der Waals surface area contributed by atoms with Gasteiger partial charge in [0.2, 0.25) is 0 Å². The van der Waals surface area contributed by atoms with Crippen molar-refractivity contribution in [1.29, 1.82) is 0 Å². The Bertz CT molecular complexity index is 913. The molecule has 0 aliphatic carbocycles. The van der Waals surface area contributed by atoms with E-state index >= 15 is 8.22 Å². The van der Waals surface area contributed by atoms with Crippen LogP contribution in [-0.4, -0.2) is 16.8 Å². The third-order valence-electron chi connectivity index (χ3n) is 4.58. The smallest absolute Gasteiger partial charge is 0.259 e. The quantitative estimate of drug-likeness (QED) is 0.270. The van der Waals surface area contributed by atoms with Crippen LogP contribution in [0.4, 0.5) is 8.22 Å². The molecule has 0 saturated carbocycles. The Balaban J connectivity index is 2.40. The van der Waals surface area contributed by atoms with E-state index in [-0.39, 0.29) is 10.4 Å². The number of rotatable bonds is 5. The second-order valence-electron chi connectivity index (χ2n) is 7.67. The molecule has 0 radical (unpaired) electrons. The van der Waals surface area contributed by atoms with Crippen molar-refractivity contribution in [1.82, 2.24) is 0 Å². The van der Waals surface area contributed by atoms with Crippen LogP contribution in [0.25, 0.3) is 10.4 Å². The molecule has 0 aliphatic rings. The van der Waals surface area contributed by atoms with Gasteiger partial charge in [-0.3, -0.25) is 8.22 Å². The minimum Gasteiger partial charge on any atom is -0.259 e. The minimum atomic E-state index is -4.89. The fourth-order valence-corrected chi connectivity index (χ4v) is 8.85. The van der Waals surface area contributed by atoms with E-state index in [0.717, 1.165) is 10.8 Å². The lowest BCUT2D eigenvalue weighted by molar-refractivity contribution is 0.656. The van der Waals surface area contributed by atoms with Crippen LogP contribution in [-0.2, 0) is 0 Å². The first-order valence-electron chi connectivity index (χ1n) is 9.11. The van der Waals surface area contributed by atoms with Crippen LogP contribution in [0.15, 0.2) is 91.0 Å². The molecule has 0 bridgehead atoms. The summed E-state index contributed by atoms with van der Waals surface area (Å²) in [7, 11) is -6.97. The van der Waals surface area contributed by atoms with Crippen molar-refractivity contribution in [2.24, 2.45) is 0 Å². The first-order chi connectivity index (χ1) is 12.8. The van der Waals surface area contributed by atoms with Crippen LogP contribution in [0.3, 0.4) is 0 Å². The maximum absolute atomic E-state index is 16.1. The predicted octanol–water partition coefficient (Wildman–Crippen LogP) is 6.30. The zero-order valence-electron chi connectivity index (χ0n) is 15.9. The maximum Gasteiger partial charge on any atom is 0.488 e. The van der Waals surface area contributed by atoms with E-state index in [1.54, 1.807) is 30.3 Å². The highest BCUT2D eigenvalue weighted by atomic mass is 28.4. The van der Waals surface area contributed by atoms with Crippen molar-refractivity contribution in [2.75, 3.05) is 0 Å². The van der Waals surface area contributed by atoms with Gasteiger partial charge < -0.3 is 0 Å². The molecule has 0 heterocycles. The van der Waals surface area contributed by atoms with E-state index < -0.39 is 16.8 Å². The first kappa shape index (κ1) is 19.5. The van der Waals surface area contributed by atoms with Gasteiger partial charge in [0, 0.05) is 10.4 Å². The van der Waals surface area contributed by atoms with Crippen LogP contribution in [0.5, 0.6) is 0 Å². The van der Waals surface area contributed by atoms with Gasteiger partial charge in [-0.05, 0) is 16.3 Å². The maximum atomic E-state index is 16.1. The summed E-state index contributed by atoms with van der Waals surface area (Å²) in [6.07, 6.45) is 0. The van der Waals surface area contributed by atoms with Crippen LogP contribution < -0.4 is 5.19 Å². The highest BCUT2D eigenvalue weighted by Gasteiger charge is 2.46. The van der Waals surface area contributed by atoms with Gasteiger partial charge in [-0.15, -0.1) is 0 Å². The molecule has 0 nitrogen and oxygen atoms in total. The summed E-state index contributed by atoms with van der Waals surface area (Å²) < 4.78 is 32.2. The van der Waals surface area contributed by atoms with Gasteiger partial charge in [-0.1, -0.05) is 111 Å². The molecule has 0 aliphatic heterocycles. The van der Waals surface area contributed by atoms with Crippen molar-refractivity contribution in [3.63, 3.8) is 0 Å². The summed E-state index contributed by atoms with van der Waals surface area (Å²) in [5.74, 6) is 0. The van der Waals surface area contributed by atoms with Gasteiger partial charge in [0.15, 0.2) is 0 Å². The SMILES string of the molecule is C[Si](C)(C)/C(=C(/c1ccccc1)[Si](F)(F)c1ccccc1)c1ccccc1. The van der Waals surface area contributed by atoms with E-state index in [2.05, 4.69) is 19.6 Å². The monoisotopic (exact) mass is 394 g/mol. The summed E-state index contributed by atoms with van der Waals surface area (Å²) in [5.41, 5.74) is 1.55. The third kappa shape index (κ3) is 4.17. The van der Waals surface area contributed by atoms with E-state index in [4.69, 9.17) is 0 Å². The molecule has 0 unspecified atom stereocenters. The van der Waals surface area contributed by atoms with Gasteiger partial charge in [0.1, 0.15) is 0 Å². The Morgan fingerprint density at radius 2 is 0.926 bits per heavy atom. The summed E-state index contributed by atoms with van der Waals surface area (Å²) in [6.45, 7) is 6.44. The molecule has 0 fully saturated rings. The standard InChI is InChI=1S/C23H24F2Si2/c1-26(2,3)22(19-13-7-4-8-14-19)23(20-15-9-5-10-16-20)27(24,25)21-17-11-6-12-18-21/h4-18H,1-3H3/b23-22-. The first-order valence-corrected chi connectivity index (χ1v) is 14.4. The lowest BCUT2D eigenvalue weighted by atomic mass is 10.1. The fraction of sp³-hybridized carbons (Fsp3) is 0.130. The Labute approximate surface area is 162 Å². The molecular formula is C23H24F2Si2. The average molecular weight is 395 g/mol. The lowest BCUT2D eigenvalue weighted by Crippen LogP contribution is -2.43. The van der Waals surface area contributed by atoms with E-state index in [1.807, 2.05) is 60.7 Å². The van der Waals surface area contributed by atoms with Crippen molar-refractivity contribution in [2.45, 2.75) is 19.6 Å². The largest absolute Gasteiger partial charge is 0.488 e. The summed E-state index contributed by atoms with van der Waals surface area (Å²) >= 11 is 0. The minimum absolute atomic E-state index is 0.163. The van der Waals surface area contributed by atoms with Crippen molar-refractivity contribution < 1.29 is 8.22 Å². The molecule has 3 aromatic rings. The molecule has 0 saturated heterocycles. The Kier molecular flexibility index (Phi) is 5.58. The highest BCUT2D eigenvalue weighted by Crippen LogP contribution is 2.40. The average Bonchev–Trinajstić information content (AvgIpc) is 2.67. The van der Waals surface area contributed by atoms with Gasteiger partial charge in [-0.2, -0.15) is 0 Å². The summed E-state index contributed by atoms with van der Waals surface area (Å²) in [5, 5.41) is 1.28. The molecule has 0 atom stereocenters. The van der Waals surface area contributed by atoms with E-state index in [9.17, 15) is 0 Å². The number of halogens is 2. The zero-order valence-corrected chi connectivity index (χ0v) is 17.9. The van der Waals surface area contributed by atoms with Gasteiger partial charge in [0.05, 0.1) is 8.07 Å². The summed E-state index contributed by atoms with van der Waals surface area (Å²) in [4.78, 5) is 0. The van der Waals surface area contributed by atoms with Crippen LogP contribution in [0.2, 0.25) is 19.6 Å².